The minimum Gasteiger partial charge on any atom is -0.465 e. The number of benzene rings is 1. The monoisotopic (exact) mass is 428 g/mol. The first-order valence-corrected chi connectivity index (χ1v) is 9.95. The third kappa shape index (κ3) is 6.21. The first kappa shape index (κ1) is 21.7. The van der Waals surface area contributed by atoms with Crippen LogP contribution in [0.3, 0.4) is 0 Å². The molecule has 0 saturated carbocycles. The van der Waals surface area contributed by atoms with Crippen molar-refractivity contribution in [1.82, 2.24) is 9.80 Å². The van der Waals surface area contributed by atoms with Gasteiger partial charge in [-0.3, -0.25) is 4.79 Å². The second-order valence-corrected chi connectivity index (χ2v) is 8.19. The molecule has 5 nitrogen and oxygen atoms in total. The van der Waals surface area contributed by atoms with E-state index in [4.69, 9.17) is 27.9 Å². The number of carbonyl (C=O) groups is 2. The maximum absolute atomic E-state index is 13.0. The number of carbonyl (C=O) groups excluding carboxylic acids is 2. The largest absolute Gasteiger partial charge is 0.465 e. The summed E-state index contributed by atoms with van der Waals surface area (Å²) in [6.45, 7) is 1.86. The number of methoxy groups -OCH3 is 1. The SMILES string of the molecule is COC(=O)c1ccc(C(=O)N(CCCN(C)C)Cc2ccc(Cl)c(Cl)c2)s1. The Morgan fingerprint density at radius 2 is 1.74 bits per heavy atom. The molecule has 0 aliphatic heterocycles. The smallest absolute Gasteiger partial charge is 0.348 e. The van der Waals surface area contributed by atoms with Gasteiger partial charge in [-0.25, -0.2) is 4.79 Å². The van der Waals surface area contributed by atoms with Crippen LogP contribution >= 0.6 is 34.5 Å². The Balaban J connectivity index is 2.19. The second-order valence-electron chi connectivity index (χ2n) is 6.29. The Morgan fingerprint density at radius 1 is 1.04 bits per heavy atom. The van der Waals surface area contributed by atoms with E-state index in [2.05, 4.69) is 4.90 Å². The molecule has 146 valence electrons. The molecule has 0 spiro atoms. The molecule has 1 aromatic heterocycles. The van der Waals surface area contributed by atoms with Crippen molar-refractivity contribution in [2.45, 2.75) is 13.0 Å². The number of thiophene rings is 1. The third-order valence-electron chi connectivity index (χ3n) is 3.88. The highest BCUT2D eigenvalue weighted by Gasteiger charge is 2.20. The van der Waals surface area contributed by atoms with Gasteiger partial charge in [0.15, 0.2) is 0 Å². The highest BCUT2D eigenvalue weighted by atomic mass is 35.5. The van der Waals surface area contributed by atoms with Crippen LogP contribution in [0, 0.1) is 0 Å². The van der Waals surface area contributed by atoms with Crippen molar-refractivity contribution in [2.75, 3.05) is 34.3 Å². The van der Waals surface area contributed by atoms with Crippen LogP contribution in [0.4, 0.5) is 0 Å². The highest BCUT2D eigenvalue weighted by molar-refractivity contribution is 7.15. The van der Waals surface area contributed by atoms with Gasteiger partial charge in [0, 0.05) is 13.1 Å². The molecule has 1 heterocycles. The minimum absolute atomic E-state index is 0.125. The molecule has 27 heavy (non-hydrogen) atoms. The average Bonchev–Trinajstić information content (AvgIpc) is 3.12. The normalized spacial score (nSPS) is 10.9. The Kier molecular flexibility index (Phi) is 8.10. The molecule has 0 aliphatic rings. The molecule has 0 fully saturated rings. The summed E-state index contributed by atoms with van der Waals surface area (Å²) in [5.74, 6) is -0.567. The zero-order valence-electron chi connectivity index (χ0n) is 15.5. The molecule has 0 N–H and O–H groups in total. The van der Waals surface area contributed by atoms with Crippen molar-refractivity contribution in [3.05, 3.63) is 55.7 Å². The highest BCUT2D eigenvalue weighted by Crippen LogP contribution is 2.25. The summed E-state index contributed by atoms with van der Waals surface area (Å²) >= 11 is 13.2. The lowest BCUT2D eigenvalue weighted by Crippen LogP contribution is -2.32. The minimum atomic E-state index is -0.442. The fourth-order valence-electron chi connectivity index (χ4n) is 2.51. The van der Waals surface area contributed by atoms with Crippen LogP contribution in [0.2, 0.25) is 10.0 Å². The van der Waals surface area contributed by atoms with E-state index < -0.39 is 5.97 Å². The topological polar surface area (TPSA) is 49.9 Å². The van der Waals surface area contributed by atoms with E-state index in [1.807, 2.05) is 20.2 Å². The van der Waals surface area contributed by atoms with Gasteiger partial charge >= 0.3 is 5.97 Å². The number of hydrogen-bond donors (Lipinski definition) is 0. The molecule has 0 atom stereocenters. The van der Waals surface area contributed by atoms with Gasteiger partial charge < -0.3 is 14.5 Å². The maximum Gasteiger partial charge on any atom is 0.348 e. The summed E-state index contributed by atoms with van der Waals surface area (Å²) in [7, 11) is 5.31. The van der Waals surface area contributed by atoms with Crippen LogP contribution in [0.15, 0.2) is 30.3 Å². The summed E-state index contributed by atoms with van der Waals surface area (Å²) in [6.07, 6.45) is 0.829. The first-order valence-electron chi connectivity index (χ1n) is 8.38. The molecule has 0 bridgehead atoms. The fourth-order valence-corrected chi connectivity index (χ4v) is 3.72. The Labute approximate surface area is 173 Å². The Bertz CT molecular complexity index is 808. The second kappa shape index (κ2) is 10.1. The molecule has 2 rings (SSSR count). The fraction of sp³-hybridized carbons (Fsp3) is 0.368. The summed E-state index contributed by atoms with van der Waals surface area (Å²) in [5.41, 5.74) is 0.896. The van der Waals surface area contributed by atoms with Gasteiger partial charge in [0.1, 0.15) is 4.88 Å². The van der Waals surface area contributed by atoms with Crippen molar-refractivity contribution in [2.24, 2.45) is 0 Å². The van der Waals surface area contributed by atoms with E-state index in [-0.39, 0.29) is 5.91 Å². The first-order chi connectivity index (χ1) is 12.8. The lowest BCUT2D eigenvalue weighted by molar-refractivity contribution is 0.0606. The van der Waals surface area contributed by atoms with E-state index >= 15 is 0 Å². The third-order valence-corrected chi connectivity index (χ3v) is 5.67. The average molecular weight is 429 g/mol. The molecule has 1 aromatic carbocycles. The standard InChI is InChI=1S/C19H22Cl2N2O3S/c1-22(2)9-4-10-23(12-13-5-6-14(20)15(21)11-13)18(24)16-7-8-17(27-16)19(25)26-3/h5-8,11H,4,9-10,12H2,1-3H3. The Hall–Kier alpha value is -1.60. The van der Waals surface area contributed by atoms with Crippen molar-refractivity contribution in [1.29, 1.82) is 0 Å². The van der Waals surface area contributed by atoms with E-state index in [0.717, 1.165) is 29.9 Å². The van der Waals surface area contributed by atoms with Gasteiger partial charge in [0.2, 0.25) is 0 Å². The zero-order chi connectivity index (χ0) is 20.0. The molecular formula is C19H22Cl2N2O3S. The number of hydrogen-bond acceptors (Lipinski definition) is 5. The molecule has 1 amide bonds. The summed E-state index contributed by atoms with van der Waals surface area (Å²) in [4.78, 5) is 29.4. The van der Waals surface area contributed by atoms with Crippen molar-refractivity contribution >= 4 is 46.4 Å². The van der Waals surface area contributed by atoms with Crippen molar-refractivity contribution < 1.29 is 14.3 Å². The predicted molar refractivity (Wildman–Crippen MR) is 110 cm³/mol. The van der Waals surface area contributed by atoms with E-state index in [1.165, 1.54) is 7.11 Å². The lowest BCUT2D eigenvalue weighted by atomic mass is 10.2. The molecule has 0 aliphatic carbocycles. The number of rotatable bonds is 8. The lowest BCUT2D eigenvalue weighted by Gasteiger charge is -2.23. The zero-order valence-corrected chi connectivity index (χ0v) is 17.8. The van der Waals surface area contributed by atoms with Gasteiger partial charge in [-0.05, 0) is 56.9 Å². The summed E-state index contributed by atoms with van der Waals surface area (Å²) in [6, 6.07) is 8.62. The number of esters is 1. The quantitative estimate of drug-likeness (QED) is 0.583. The summed E-state index contributed by atoms with van der Waals surface area (Å²) in [5, 5.41) is 0.936. The molecular weight excluding hydrogens is 407 g/mol. The number of ether oxygens (including phenoxy) is 1. The van der Waals surface area contributed by atoms with Crippen LogP contribution in [-0.2, 0) is 11.3 Å². The number of halogens is 2. The van der Waals surface area contributed by atoms with Gasteiger partial charge in [-0.1, -0.05) is 29.3 Å². The number of amides is 1. The van der Waals surface area contributed by atoms with Gasteiger partial charge in [-0.15, -0.1) is 11.3 Å². The van der Waals surface area contributed by atoms with Gasteiger partial charge in [-0.2, -0.15) is 0 Å². The Morgan fingerprint density at radius 3 is 2.37 bits per heavy atom. The molecule has 0 radical (unpaired) electrons. The van der Waals surface area contributed by atoms with E-state index in [0.29, 0.717) is 32.9 Å². The van der Waals surface area contributed by atoms with E-state index in [9.17, 15) is 9.59 Å². The molecule has 2 aromatic rings. The van der Waals surface area contributed by atoms with Crippen LogP contribution in [0.25, 0.3) is 0 Å². The van der Waals surface area contributed by atoms with Gasteiger partial charge in [0.25, 0.3) is 5.91 Å². The van der Waals surface area contributed by atoms with Crippen molar-refractivity contribution in [3.63, 3.8) is 0 Å². The molecule has 0 unspecified atom stereocenters. The van der Waals surface area contributed by atoms with Crippen molar-refractivity contribution in [3.8, 4) is 0 Å². The van der Waals surface area contributed by atoms with Gasteiger partial charge in [0.05, 0.1) is 22.0 Å². The van der Waals surface area contributed by atoms with Crippen LogP contribution in [0.1, 0.15) is 31.3 Å². The van der Waals surface area contributed by atoms with Crippen LogP contribution in [-0.4, -0.2) is 56.0 Å². The number of nitrogens with zero attached hydrogens (tertiary/aromatic N) is 2. The maximum atomic E-state index is 13.0. The molecule has 0 saturated heterocycles. The van der Waals surface area contributed by atoms with E-state index in [1.54, 1.807) is 29.2 Å². The summed E-state index contributed by atoms with van der Waals surface area (Å²) < 4.78 is 4.71. The predicted octanol–water partition coefficient (Wildman–Crippen LogP) is 4.44. The van der Waals surface area contributed by atoms with Crippen LogP contribution < -0.4 is 0 Å². The molecule has 8 heteroatoms. The van der Waals surface area contributed by atoms with Crippen LogP contribution in [0.5, 0.6) is 0 Å².